The van der Waals surface area contributed by atoms with Crippen LogP contribution in [0.1, 0.15) is 23.0 Å². The molecule has 6 heteroatoms. The van der Waals surface area contributed by atoms with Crippen molar-refractivity contribution in [3.8, 4) is 11.9 Å². The van der Waals surface area contributed by atoms with Gasteiger partial charge in [0.05, 0.1) is 18.4 Å². The van der Waals surface area contributed by atoms with Crippen LogP contribution in [0.2, 0.25) is 0 Å². The van der Waals surface area contributed by atoms with Crippen LogP contribution >= 0.6 is 0 Å². The minimum atomic E-state index is -0.457. The summed E-state index contributed by atoms with van der Waals surface area (Å²) in [6.07, 6.45) is 2.91. The first kappa shape index (κ1) is 11.8. The van der Waals surface area contributed by atoms with Crippen molar-refractivity contribution in [1.29, 1.82) is 5.26 Å². The number of hydrogen-bond acceptors (Lipinski definition) is 5. The molecule has 0 saturated heterocycles. The Morgan fingerprint density at radius 2 is 2.33 bits per heavy atom. The maximum Gasteiger partial charge on any atom is 0.357 e. The van der Waals surface area contributed by atoms with Crippen LogP contribution in [0, 0.1) is 11.3 Å². The molecule has 18 heavy (non-hydrogen) atoms. The maximum absolute atomic E-state index is 11.7. The molecule has 0 aromatic carbocycles. The second kappa shape index (κ2) is 5.10. The van der Waals surface area contributed by atoms with Gasteiger partial charge < -0.3 is 4.74 Å². The molecule has 0 bridgehead atoms. The Bertz CT molecular complexity index is 595. The summed E-state index contributed by atoms with van der Waals surface area (Å²) in [6, 6.07) is 6.76. The van der Waals surface area contributed by atoms with E-state index in [-0.39, 0.29) is 0 Å². The van der Waals surface area contributed by atoms with E-state index in [4.69, 9.17) is 10.00 Å². The Morgan fingerprint density at radius 3 is 2.94 bits per heavy atom. The summed E-state index contributed by atoms with van der Waals surface area (Å²) >= 11 is 0. The van der Waals surface area contributed by atoms with Crippen molar-refractivity contribution in [2.75, 3.05) is 6.61 Å². The Hall–Kier alpha value is -2.68. The number of rotatable bonds is 3. The van der Waals surface area contributed by atoms with Gasteiger partial charge in [0.15, 0.2) is 11.5 Å². The maximum atomic E-state index is 11.7. The molecule has 6 nitrogen and oxygen atoms in total. The molecule has 0 aliphatic carbocycles. The van der Waals surface area contributed by atoms with Crippen molar-refractivity contribution in [2.24, 2.45) is 0 Å². The third-order valence-electron chi connectivity index (χ3n) is 2.22. The van der Waals surface area contributed by atoms with Crippen molar-refractivity contribution in [1.82, 2.24) is 14.8 Å². The monoisotopic (exact) mass is 242 g/mol. The highest BCUT2D eigenvalue weighted by molar-refractivity contribution is 5.88. The Morgan fingerprint density at radius 1 is 1.50 bits per heavy atom. The van der Waals surface area contributed by atoms with Gasteiger partial charge in [-0.1, -0.05) is 0 Å². The van der Waals surface area contributed by atoms with Crippen molar-refractivity contribution in [3.05, 3.63) is 41.9 Å². The van der Waals surface area contributed by atoms with Gasteiger partial charge in [-0.15, -0.1) is 0 Å². The predicted molar refractivity (Wildman–Crippen MR) is 62.0 cm³/mol. The van der Waals surface area contributed by atoms with Gasteiger partial charge in [-0.3, -0.25) is 0 Å². The van der Waals surface area contributed by atoms with Crippen LogP contribution in [0.3, 0.4) is 0 Å². The first-order valence-corrected chi connectivity index (χ1v) is 5.34. The van der Waals surface area contributed by atoms with Gasteiger partial charge >= 0.3 is 5.97 Å². The normalized spacial score (nSPS) is 9.78. The lowest BCUT2D eigenvalue weighted by Gasteiger charge is -2.05. The molecule has 0 fully saturated rings. The largest absolute Gasteiger partial charge is 0.461 e. The van der Waals surface area contributed by atoms with E-state index < -0.39 is 5.97 Å². The lowest BCUT2D eigenvalue weighted by Crippen LogP contribution is -2.12. The van der Waals surface area contributed by atoms with Gasteiger partial charge in [-0.2, -0.15) is 10.4 Å². The van der Waals surface area contributed by atoms with Crippen LogP contribution in [-0.2, 0) is 4.74 Å². The molecular formula is C12H10N4O2. The highest BCUT2D eigenvalue weighted by Crippen LogP contribution is 2.09. The predicted octanol–water partition coefficient (Wildman–Crippen LogP) is 1.32. The van der Waals surface area contributed by atoms with Gasteiger partial charge in [-0.25, -0.2) is 14.5 Å². The van der Waals surface area contributed by atoms with E-state index in [0.717, 1.165) is 0 Å². The molecule has 0 N–H and O–H groups in total. The number of carbonyl (C=O) groups excluding carboxylic acids is 1. The molecule has 2 aromatic heterocycles. The van der Waals surface area contributed by atoms with Crippen LogP contribution in [0.15, 0.2) is 30.6 Å². The van der Waals surface area contributed by atoms with Gasteiger partial charge in [0.1, 0.15) is 6.07 Å². The van der Waals surface area contributed by atoms with Crippen molar-refractivity contribution in [2.45, 2.75) is 6.92 Å². The molecule has 0 unspecified atom stereocenters. The fourth-order valence-corrected chi connectivity index (χ4v) is 1.42. The van der Waals surface area contributed by atoms with Gasteiger partial charge in [0, 0.05) is 6.20 Å². The second-order valence-electron chi connectivity index (χ2n) is 3.37. The number of pyridine rings is 1. The molecule has 0 aliphatic heterocycles. The summed E-state index contributed by atoms with van der Waals surface area (Å²) in [7, 11) is 0. The van der Waals surface area contributed by atoms with E-state index in [1.54, 1.807) is 25.1 Å². The summed E-state index contributed by atoms with van der Waals surface area (Å²) in [4.78, 5) is 15.7. The fraction of sp³-hybridized carbons (Fsp3) is 0.167. The van der Waals surface area contributed by atoms with E-state index >= 15 is 0 Å². The van der Waals surface area contributed by atoms with Crippen molar-refractivity contribution >= 4 is 5.97 Å². The smallest absolute Gasteiger partial charge is 0.357 e. The lowest BCUT2D eigenvalue weighted by molar-refractivity contribution is 0.0515. The lowest BCUT2D eigenvalue weighted by atomic mass is 10.3. The van der Waals surface area contributed by atoms with Crippen LogP contribution in [0.4, 0.5) is 0 Å². The summed E-state index contributed by atoms with van der Waals surface area (Å²) < 4.78 is 6.29. The topological polar surface area (TPSA) is 80.8 Å². The molecular weight excluding hydrogens is 232 g/mol. The first-order valence-electron chi connectivity index (χ1n) is 5.34. The third kappa shape index (κ3) is 2.20. The number of esters is 1. The van der Waals surface area contributed by atoms with Crippen LogP contribution in [0.25, 0.3) is 5.82 Å². The zero-order valence-electron chi connectivity index (χ0n) is 9.70. The Kier molecular flexibility index (Phi) is 3.34. The molecule has 0 radical (unpaired) electrons. The molecule has 0 atom stereocenters. The molecule has 0 aliphatic rings. The average Bonchev–Trinajstić information content (AvgIpc) is 2.88. The van der Waals surface area contributed by atoms with Crippen LogP contribution in [-0.4, -0.2) is 27.3 Å². The van der Waals surface area contributed by atoms with Gasteiger partial charge in [-0.05, 0) is 25.1 Å². The quantitative estimate of drug-likeness (QED) is 0.758. The third-order valence-corrected chi connectivity index (χ3v) is 2.22. The summed E-state index contributed by atoms with van der Waals surface area (Å²) in [6.45, 7) is 2.03. The van der Waals surface area contributed by atoms with E-state index in [0.29, 0.717) is 23.7 Å². The molecule has 0 amide bonds. The van der Waals surface area contributed by atoms with Gasteiger partial charge in [0.25, 0.3) is 0 Å². The fourth-order valence-electron chi connectivity index (χ4n) is 1.42. The first-order chi connectivity index (χ1) is 8.76. The van der Waals surface area contributed by atoms with Crippen LogP contribution < -0.4 is 0 Å². The molecule has 0 spiro atoms. The SMILES string of the molecule is CCOC(=O)c1ccnn1-c1ccc(C#N)cn1. The molecule has 2 rings (SSSR count). The second-order valence-corrected chi connectivity index (χ2v) is 3.37. The Balaban J connectivity index is 2.36. The number of aromatic nitrogens is 3. The zero-order valence-corrected chi connectivity index (χ0v) is 9.70. The minimum Gasteiger partial charge on any atom is -0.461 e. The molecule has 90 valence electrons. The highest BCUT2D eigenvalue weighted by Gasteiger charge is 2.14. The number of carbonyl (C=O) groups is 1. The molecule has 0 saturated carbocycles. The van der Waals surface area contributed by atoms with Gasteiger partial charge in [0.2, 0.25) is 0 Å². The molecule has 2 aromatic rings. The number of hydrogen-bond donors (Lipinski definition) is 0. The van der Waals surface area contributed by atoms with E-state index in [9.17, 15) is 4.79 Å². The van der Waals surface area contributed by atoms with Crippen LogP contribution in [0.5, 0.6) is 0 Å². The van der Waals surface area contributed by atoms with E-state index in [2.05, 4.69) is 10.1 Å². The van der Waals surface area contributed by atoms with Crippen molar-refractivity contribution < 1.29 is 9.53 Å². The summed E-state index contributed by atoms with van der Waals surface area (Å²) in [5.74, 6) is 0.00297. The molecule has 2 heterocycles. The number of nitrogens with zero attached hydrogens (tertiary/aromatic N) is 4. The van der Waals surface area contributed by atoms with E-state index in [1.807, 2.05) is 6.07 Å². The number of nitriles is 1. The highest BCUT2D eigenvalue weighted by atomic mass is 16.5. The number of ether oxygens (including phenoxy) is 1. The van der Waals surface area contributed by atoms with E-state index in [1.165, 1.54) is 17.1 Å². The minimum absolute atomic E-state index is 0.296. The summed E-state index contributed by atoms with van der Waals surface area (Å²) in [5.41, 5.74) is 0.748. The summed E-state index contributed by atoms with van der Waals surface area (Å²) in [5, 5.41) is 12.7. The standard InChI is InChI=1S/C12H10N4O2/c1-2-18-12(17)10-5-6-15-16(10)11-4-3-9(7-13)8-14-11/h3-6,8H,2H2,1H3. The zero-order chi connectivity index (χ0) is 13.0. The van der Waals surface area contributed by atoms with Crippen molar-refractivity contribution in [3.63, 3.8) is 0 Å². The Labute approximate surface area is 103 Å². The average molecular weight is 242 g/mol.